The van der Waals surface area contributed by atoms with Crippen LogP contribution < -0.4 is 4.90 Å². The van der Waals surface area contributed by atoms with Crippen molar-refractivity contribution in [3.63, 3.8) is 0 Å². The Morgan fingerprint density at radius 3 is 1.78 bits per heavy atom. The molecule has 0 amide bonds. The van der Waals surface area contributed by atoms with E-state index in [2.05, 4.69) is 32.0 Å². The van der Waals surface area contributed by atoms with Crippen molar-refractivity contribution in [3.8, 4) is 0 Å². The van der Waals surface area contributed by atoms with Gasteiger partial charge in [0.25, 0.3) is 0 Å². The molecular weight excluding hydrogens is 356 g/mol. The molecule has 0 saturated carbocycles. The molecule has 27 heavy (non-hydrogen) atoms. The van der Waals surface area contributed by atoms with E-state index in [1.165, 1.54) is 0 Å². The molecule has 0 aliphatic rings. The number of nitrogens with zero attached hydrogens (tertiary/aromatic N) is 4. The van der Waals surface area contributed by atoms with E-state index in [0.29, 0.717) is 5.02 Å². The summed E-state index contributed by atoms with van der Waals surface area (Å²) in [6.45, 7) is 0. The van der Waals surface area contributed by atoms with Crippen LogP contribution in [0, 0.1) is 0 Å². The van der Waals surface area contributed by atoms with Crippen LogP contribution in [0.1, 0.15) is 17.2 Å². The number of benzene rings is 1. The number of rotatable bonds is 5. The lowest BCUT2D eigenvalue weighted by Crippen LogP contribution is -2.25. The Morgan fingerprint density at radius 2 is 1.26 bits per heavy atom. The highest BCUT2D eigenvalue weighted by molar-refractivity contribution is 6.30. The lowest BCUT2D eigenvalue weighted by atomic mass is 9.98. The first-order valence-electron chi connectivity index (χ1n) is 8.57. The summed E-state index contributed by atoms with van der Waals surface area (Å²) < 4.78 is 0. The van der Waals surface area contributed by atoms with Crippen LogP contribution in [0.25, 0.3) is 0 Å². The third-order valence-electron chi connectivity index (χ3n) is 4.27. The van der Waals surface area contributed by atoms with Crippen molar-refractivity contribution >= 4 is 23.0 Å². The summed E-state index contributed by atoms with van der Waals surface area (Å²) >= 11 is 6.31. The zero-order valence-electron chi connectivity index (χ0n) is 14.5. The molecule has 132 valence electrons. The monoisotopic (exact) mass is 372 g/mol. The van der Waals surface area contributed by atoms with Crippen LogP contribution in [0.2, 0.25) is 5.02 Å². The fourth-order valence-electron chi connectivity index (χ4n) is 3.14. The fraction of sp³-hybridized carbons (Fsp3) is 0.0455. The molecule has 0 unspecified atom stereocenters. The van der Waals surface area contributed by atoms with E-state index in [1.807, 2.05) is 67.1 Å². The topological polar surface area (TPSA) is 41.9 Å². The molecule has 0 aliphatic heterocycles. The lowest BCUT2D eigenvalue weighted by molar-refractivity contribution is 0.806. The molecule has 0 spiro atoms. The third kappa shape index (κ3) is 3.81. The van der Waals surface area contributed by atoms with Crippen LogP contribution in [0.15, 0.2) is 97.8 Å². The second-order valence-corrected chi connectivity index (χ2v) is 6.47. The van der Waals surface area contributed by atoms with Gasteiger partial charge in [-0.25, -0.2) is 0 Å². The van der Waals surface area contributed by atoms with Crippen LogP contribution in [-0.2, 0) is 0 Å². The summed E-state index contributed by atoms with van der Waals surface area (Å²) in [6, 6.07) is 19.7. The van der Waals surface area contributed by atoms with Crippen LogP contribution in [0.4, 0.5) is 11.4 Å². The molecule has 0 saturated heterocycles. The first-order chi connectivity index (χ1) is 13.3. The molecule has 0 aliphatic carbocycles. The van der Waals surface area contributed by atoms with Crippen molar-refractivity contribution in [3.05, 3.63) is 114 Å². The highest BCUT2D eigenvalue weighted by Gasteiger charge is 2.25. The van der Waals surface area contributed by atoms with Crippen molar-refractivity contribution < 1.29 is 0 Å². The van der Waals surface area contributed by atoms with E-state index in [4.69, 9.17) is 11.6 Å². The normalized spacial score (nSPS) is 10.7. The van der Waals surface area contributed by atoms with Crippen molar-refractivity contribution in [2.75, 3.05) is 4.90 Å². The number of pyridine rings is 3. The van der Waals surface area contributed by atoms with Gasteiger partial charge in [-0.05, 0) is 53.6 Å². The Balaban J connectivity index is 1.94. The van der Waals surface area contributed by atoms with Gasteiger partial charge in [-0.2, -0.15) is 0 Å². The van der Waals surface area contributed by atoms with Gasteiger partial charge in [0.15, 0.2) is 0 Å². The number of halogens is 1. The maximum atomic E-state index is 6.31. The summed E-state index contributed by atoms with van der Waals surface area (Å²) in [5.41, 5.74) is 4.02. The molecule has 3 aromatic heterocycles. The largest absolute Gasteiger partial charge is 0.328 e. The summed E-state index contributed by atoms with van der Waals surface area (Å²) in [6.07, 6.45) is 10.9. The van der Waals surface area contributed by atoms with Crippen molar-refractivity contribution in [1.29, 1.82) is 0 Å². The number of hydrogen-bond donors (Lipinski definition) is 0. The van der Waals surface area contributed by atoms with Crippen molar-refractivity contribution in [1.82, 2.24) is 15.0 Å². The minimum Gasteiger partial charge on any atom is -0.328 e. The molecule has 4 aromatic rings. The Hall–Kier alpha value is -3.24. The summed E-state index contributed by atoms with van der Waals surface area (Å²) in [7, 11) is 0. The van der Waals surface area contributed by atoms with Gasteiger partial charge in [0.2, 0.25) is 0 Å². The molecule has 0 atom stereocenters. The molecule has 3 heterocycles. The lowest BCUT2D eigenvalue weighted by Gasteiger charge is -2.34. The van der Waals surface area contributed by atoms with E-state index in [-0.39, 0.29) is 6.04 Å². The molecule has 4 nitrogen and oxygen atoms in total. The molecule has 0 radical (unpaired) electrons. The SMILES string of the molecule is Clc1cccc(N(c2cccnc2)C(c2cccnc2)c2cccnc2)c1. The van der Waals surface area contributed by atoms with Gasteiger partial charge in [0.05, 0.1) is 17.9 Å². The smallest absolute Gasteiger partial charge is 0.0875 e. The predicted octanol–water partition coefficient (Wildman–Crippen LogP) is 5.45. The van der Waals surface area contributed by atoms with Gasteiger partial charge in [0, 0.05) is 41.7 Å². The summed E-state index contributed by atoms with van der Waals surface area (Å²) in [5, 5.41) is 0.678. The quantitative estimate of drug-likeness (QED) is 0.467. The van der Waals surface area contributed by atoms with Gasteiger partial charge in [0.1, 0.15) is 0 Å². The number of aromatic nitrogens is 3. The standard InChI is InChI=1S/C22H17ClN4/c23-19-7-1-8-20(13-19)27(21-9-4-12-26-16-21)22(17-5-2-10-24-14-17)18-6-3-11-25-15-18/h1-16,22H. The van der Waals surface area contributed by atoms with Crippen LogP contribution in [0.3, 0.4) is 0 Å². The Labute approximate surface area is 163 Å². The average molecular weight is 373 g/mol. The number of hydrogen-bond acceptors (Lipinski definition) is 4. The Kier molecular flexibility index (Phi) is 5.08. The molecule has 0 bridgehead atoms. The van der Waals surface area contributed by atoms with Gasteiger partial charge in [-0.3, -0.25) is 15.0 Å². The molecule has 1 aromatic carbocycles. The average Bonchev–Trinajstić information content (AvgIpc) is 2.74. The summed E-state index contributed by atoms with van der Waals surface area (Å²) in [5.74, 6) is 0. The van der Waals surface area contributed by atoms with Gasteiger partial charge in [-0.15, -0.1) is 0 Å². The zero-order chi connectivity index (χ0) is 18.5. The molecule has 0 fully saturated rings. The van der Waals surface area contributed by atoms with E-state index in [9.17, 15) is 0 Å². The highest BCUT2D eigenvalue weighted by atomic mass is 35.5. The van der Waals surface area contributed by atoms with Crippen molar-refractivity contribution in [2.45, 2.75) is 6.04 Å². The maximum absolute atomic E-state index is 6.31. The fourth-order valence-corrected chi connectivity index (χ4v) is 3.32. The van der Waals surface area contributed by atoms with Gasteiger partial charge >= 0.3 is 0 Å². The first-order valence-corrected chi connectivity index (χ1v) is 8.95. The molecular formula is C22H17ClN4. The van der Waals surface area contributed by atoms with Crippen LogP contribution >= 0.6 is 11.6 Å². The van der Waals surface area contributed by atoms with Crippen LogP contribution in [0.5, 0.6) is 0 Å². The minimum absolute atomic E-state index is 0.130. The van der Waals surface area contributed by atoms with Crippen LogP contribution in [-0.4, -0.2) is 15.0 Å². The Morgan fingerprint density at radius 1 is 0.667 bits per heavy atom. The predicted molar refractivity (Wildman–Crippen MR) is 108 cm³/mol. The van der Waals surface area contributed by atoms with Gasteiger partial charge in [-0.1, -0.05) is 29.8 Å². The number of anilines is 2. The van der Waals surface area contributed by atoms with E-state index in [0.717, 1.165) is 22.5 Å². The van der Waals surface area contributed by atoms with Crippen molar-refractivity contribution in [2.24, 2.45) is 0 Å². The molecule has 0 N–H and O–H groups in total. The minimum atomic E-state index is -0.130. The first kappa shape index (κ1) is 17.2. The summed E-state index contributed by atoms with van der Waals surface area (Å²) in [4.78, 5) is 15.2. The molecule has 4 rings (SSSR count). The third-order valence-corrected chi connectivity index (χ3v) is 4.50. The second kappa shape index (κ2) is 7.98. The second-order valence-electron chi connectivity index (χ2n) is 6.04. The van der Waals surface area contributed by atoms with E-state index in [1.54, 1.807) is 18.6 Å². The zero-order valence-corrected chi connectivity index (χ0v) is 15.2. The molecule has 5 heteroatoms. The van der Waals surface area contributed by atoms with E-state index >= 15 is 0 Å². The highest BCUT2D eigenvalue weighted by Crippen LogP contribution is 2.39. The van der Waals surface area contributed by atoms with E-state index < -0.39 is 0 Å². The Bertz CT molecular complexity index is 955. The maximum Gasteiger partial charge on any atom is 0.0875 e. The van der Waals surface area contributed by atoms with Gasteiger partial charge < -0.3 is 4.90 Å².